The summed E-state index contributed by atoms with van der Waals surface area (Å²) in [6.45, 7) is 10.00. The highest BCUT2D eigenvalue weighted by Crippen LogP contribution is 2.23. The van der Waals surface area contributed by atoms with Crippen molar-refractivity contribution in [3.63, 3.8) is 0 Å². The SMILES string of the molecule is Cc1cc(C)c(C(N)CN2CCCCCCC2)c(C)c1. The van der Waals surface area contributed by atoms with Crippen LogP contribution < -0.4 is 5.73 Å². The van der Waals surface area contributed by atoms with Gasteiger partial charge in [0.05, 0.1) is 0 Å². The van der Waals surface area contributed by atoms with Crippen LogP contribution in [-0.2, 0) is 0 Å². The molecule has 1 atom stereocenters. The summed E-state index contributed by atoms with van der Waals surface area (Å²) >= 11 is 0. The van der Waals surface area contributed by atoms with Crippen LogP contribution >= 0.6 is 0 Å². The number of hydrogen-bond acceptors (Lipinski definition) is 2. The summed E-state index contributed by atoms with van der Waals surface area (Å²) in [7, 11) is 0. The van der Waals surface area contributed by atoms with Gasteiger partial charge in [0, 0.05) is 12.6 Å². The molecule has 20 heavy (non-hydrogen) atoms. The molecule has 1 aromatic rings. The van der Waals surface area contributed by atoms with E-state index in [2.05, 4.69) is 37.8 Å². The molecule has 1 unspecified atom stereocenters. The molecule has 0 bridgehead atoms. The molecule has 0 aromatic heterocycles. The van der Waals surface area contributed by atoms with Crippen molar-refractivity contribution in [1.82, 2.24) is 4.90 Å². The highest BCUT2D eigenvalue weighted by atomic mass is 15.1. The number of benzene rings is 1. The van der Waals surface area contributed by atoms with E-state index in [1.807, 2.05) is 0 Å². The predicted molar refractivity (Wildman–Crippen MR) is 87.1 cm³/mol. The lowest BCUT2D eigenvalue weighted by molar-refractivity contribution is 0.234. The third-order valence-corrected chi connectivity index (χ3v) is 4.51. The Labute approximate surface area is 124 Å². The number of rotatable bonds is 3. The van der Waals surface area contributed by atoms with E-state index in [-0.39, 0.29) is 6.04 Å². The van der Waals surface area contributed by atoms with Crippen molar-refractivity contribution in [2.75, 3.05) is 19.6 Å². The molecule has 0 radical (unpaired) electrons. The van der Waals surface area contributed by atoms with Crippen molar-refractivity contribution in [3.05, 3.63) is 34.4 Å². The van der Waals surface area contributed by atoms with Crippen LogP contribution in [0.25, 0.3) is 0 Å². The Balaban J connectivity index is 2.05. The minimum Gasteiger partial charge on any atom is -0.323 e. The number of aryl methyl sites for hydroxylation is 3. The lowest BCUT2D eigenvalue weighted by Gasteiger charge is -2.28. The fourth-order valence-corrected chi connectivity index (χ4v) is 3.64. The third kappa shape index (κ3) is 4.07. The van der Waals surface area contributed by atoms with Crippen LogP contribution in [0.3, 0.4) is 0 Å². The van der Waals surface area contributed by atoms with Gasteiger partial charge in [-0.2, -0.15) is 0 Å². The van der Waals surface area contributed by atoms with Crippen molar-refractivity contribution >= 4 is 0 Å². The quantitative estimate of drug-likeness (QED) is 0.906. The van der Waals surface area contributed by atoms with Gasteiger partial charge in [-0.25, -0.2) is 0 Å². The van der Waals surface area contributed by atoms with E-state index in [0.717, 1.165) is 6.54 Å². The molecule has 0 saturated carbocycles. The maximum absolute atomic E-state index is 6.53. The van der Waals surface area contributed by atoms with Gasteiger partial charge in [0.15, 0.2) is 0 Å². The summed E-state index contributed by atoms with van der Waals surface area (Å²) in [6.07, 6.45) is 6.84. The zero-order chi connectivity index (χ0) is 14.5. The fourth-order valence-electron chi connectivity index (χ4n) is 3.64. The number of nitrogens with two attached hydrogens (primary N) is 1. The molecule has 112 valence electrons. The molecule has 1 saturated heterocycles. The van der Waals surface area contributed by atoms with Crippen LogP contribution in [0.1, 0.15) is 60.4 Å². The van der Waals surface area contributed by atoms with Crippen molar-refractivity contribution in [2.45, 2.75) is 58.9 Å². The van der Waals surface area contributed by atoms with E-state index in [1.54, 1.807) is 0 Å². The van der Waals surface area contributed by atoms with Crippen molar-refractivity contribution < 1.29 is 0 Å². The Hall–Kier alpha value is -0.860. The van der Waals surface area contributed by atoms with E-state index >= 15 is 0 Å². The van der Waals surface area contributed by atoms with Crippen LogP contribution in [0.15, 0.2) is 12.1 Å². The summed E-state index contributed by atoms with van der Waals surface area (Å²) in [5.41, 5.74) is 11.9. The van der Waals surface area contributed by atoms with Gasteiger partial charge in [0.1, 0.15) is 0 Å². The van der Waals surface area contributed by atoms with Gasteiger partial charge < -0.3 is 10.6 Å². The van der Waals surface area contributed by atoms with Crippen LogP contribution in [0.5, 0.6) is 0 Å². The van der Waals surface area contributed by atoms with Gasteiger partial charge in [0.25, 0.3) is 0 Å². The van der Waals surface area contributed by atoms with Crippen molar-refractivity contribution in [1.29, 1.82) is 0 Å². The first-order chi connectivity index (χ1) is 9.58. The Morgan fingerprint density at radius 3 is 2.00 bits per heavy atom. The maximum atomic E-state index is 6.53. The van der Waals surface area contributed by atoms with Gasteiger partial charge in [-0.15, -0.1) is 0 Å². The van der Waals surface area contributed by atoms with E-state index in [0.29, 0.717) is 0 Å². The van der Waals surface area contributed by atoms with Crippen molar-refractivity contribution in [3.8, 4) is 0 Å². The van der Waals surface area contributed by atoms with Crippen LogP contribution in [0, 0.1) is 20.8 Å². The summed E-state index contributed by atoms with van der Waals surface area (Å²) in [6, 6.07) is 4.67. The van der Waals surface area contributed by atoms with E-state index in [9.17, 15) is 0 Å². The molecule has 1 aliphatic heterocycles. The molecule has 1 aromatic carbocycles. The lowest BCUT2D eigenvalue weighted by Crippen LogP contribution is -2.35. The number of hydrogen-bond donors (Lipinski definition) is 1. The Bertz CT molecular complexity index is 408. The second kappa shape index (κ2) is 7.24. The molecule has 1 heterocycles. The normalized spacial score (nSPS) is 19.4. The topological polar surface area (TPSA) is 29.3 Å². The third-order valence-electron chi connectivity index (χ3n) is 4.51. The van der Waals surface area contributed by atoms with Gasteiger partial charge in [-0.3, -0.25) is 0 Å². The van der Waals surface area contributed by atoms with E-state index < -0.39 is 0 Å². The first-order valence-corrected chi connectivity index (χ1v) is 8.13. The van der Waals surface area contributed by atoms with Gasteiger partial charge >= 0.3 is 0 Å². The van der Waals surface area contributed by atoms with Crippen molar-refractivity contribution in [2.24, 2.45) is 5.73 Å². The summed E-state index contributed by atoms with van der Waals surface area (Å²) in [4.78, 5) is 2.57. The second-order valence-corrected chi connectivity index (χ2v) is 6.49. The molecule has 1 aliphatic rings. The zero-order valence-electron chi connectivity index (χ0n) is 13.4. The summed E-state index contributed by atoms with van der Waals surface area (Å²) < 4.78 is 0. The first-order valence-electron chi connectivity index (χ1n) is 8.13. The molecule has 2 N–H and O–H groups in total. The minimum absolute atomic E-state index is 0.148. The average molecular weight is 274 g/mol. The molecule has 0 spiro atoms. The molecule has 0 aliphatic carbocycles. The molecule has 2 rings (SSSR count). The molecular weight excluding hydrogens is 244 g/mol. The molecule has 0 amide bonds. The standard InChI is InChI=1S/C18H30N2/c1-14-11-15(2)18(16(3)12-14)17(19)13-20-9-7-5-4-6-8-10-20/h11-12,17H,4-10,13,19H2,1-3H3. The van der Waals surface area contributed by atoms with Crippen LogP contribution in [0.4, 0.5) is 0 Å². The summed E-state index contributed by atoms with van der Waals surface area (Å²) in [5.74, 6) is 0. The largest absolute Gasteiger partial charge is 0.323 e. The number of nitrogens with zero attached hydrogens (tertiary/aromatic N) is 1. The monoisotopic (exact) mass is 274 g/mol. The lowest BCUT2D eigenvalue weighted by atomic mass is 9.94. The molecule has 2 nitrogen and oxygen atoms in total. The zero-order valence-corrected chi connectivity index (χ0v) is 13.4. The highest BCUT2D eigenvalue weighted by Gasteiger charge is 2.17. The maximum Gasteiger partial charge on any atom is 0.0429 e. The predicted octanol–water partition coefficient (Wildman–Crippen LogP) is 3.88. The summed E-state index contributed by atoms with van der Waals surface area (Å²) in [5, 5.41) is 0. The van der Waals surface area contributed by atoms with Crippen LogP contribution in [-0.4, -0.2) is 24.5 Å². The Kier molecular flexibility index (Phi) is 5.62. The Morgan fingerprint density at radius 2 is 1.45 bits per heavy atom. The van der Waals surface area contributed by atoms with E-state index in [4.69, 9.17) is 5.73 Å². The van der Waals surface area contributed by atoms with Gasteiger partial charge in [0.2, 0.25) is 0 Å². The van der Waals surface area contributed by atoms with Gasteiger partial charge in [-0.1, -0.05) is 37.0 Å². The average Bonchev–Trinajstić information content (AvgIpc) is 2.31. The number of likely N-dealkylation sites (tertiary alicyclic amines) is 1. The fraction of sp³-hybridized carbons (Fsp3) is 0.667. The Morgan fingerprint density at radius 1 is 0.950 bits per heavy atom. The molecule has 1 fully saturated rings. The second-order valence-electron chi connectivity index (χ2n) is 6.49. The smallest absolute Gasteiger partial charge is 0.0429 e. The minimum atomic E-state index is 0.148. The van der Waals surface area contributed by atoms with E-state index in [1.165, 1.54) is 67.4 Å². The molecular formula is C18H30N2. The first kappa shape index (κ1) is 15.5. The van der Waals surface area contributed by atoms with Crippen LogP contribution in [0.2, 0.25) is 0 Å². The molecule has 2 heteroatoms. The van der Waals surface area contributed by atoms with Gasteiger partial charge in [-0.05, 0) is 63.4 Å². The highest BCUT2D eigenvalue weighted by molar-refractivity contribution is 5.39.